The van der Waals surface area contributed by atoms with Crippen molar-refractivity contribution < 1.29 is 22.7 Å². The summed E-state index contributed by atoms with van der Waals surface area (Å²) in [7, 11) is -3.19. The number of carbonyl (C=O) groups is 2. The Morgan fingerprint density at radius 3 is 2.74 bits per heavy atom. The fourth-order valence-corrected chi connectivity index (χ4v) is 4.01. The molecule has 1 N–H and O–H groups in total. The van der Waals surface area contributed by atoms with E-state index in [9.17, 15) is 18.0 Å². The molecule has 0 bridgehead atoms. The van der Waals surface area contributed by atoms with Crippen LogP contribution in [0.15, 0.2) is 34.2 Å². The van der Waals surface area contributed by atoms with Crippen molar-refractivity contribution in [2.75, 3.05) is 17.7 Å². The summed E-state index contributed by atoms with van der Waals surface area (Å²) < 4.78 is 28.3. The fraction of sp³-hybridized carbons (Fsp3) is 0.333. The Morgan fingerprint density at radius 2 is 2.13 bits per heavy atom. The van der Waals surface area contributed by atoms with Crippen LogP contribution in [0.2, 0.25) is 0 Å². The molecule has 6 nitrogen and oxygen atoms in total. The Hall–Kier alpha value is -1.67. The molecule has 0 saturated heterocycles. The highest BCUT2D eigenvalue weighted by atomic mass is 79.9. The second-order valence-corrected chi connectivity index (χ2v) is 8.14. The van der Waals surface area contributed by atoms with Crippen LogP contribution in [-0.4, -0.2) is 32.7 Å². The Morgan fingerprint density at radius 1 is 1.39 bits per heavy atom. The Kier molecular flexibility index (Phi) is 5.59. The lowest BCUT2D eigenvalue weighted by molar-refractivity contribution is -0.147. The molecule has 1 amide bonds. The fourth-order valence-electron chi connectivity index (χ4n) is 2.14. The van der Waals surface area contributed by atoms with Crippen LogP contribution < -0.4 is 5.32 Å². The van der Waals surface area contributed by atoms with Crippen LogP contribution in [0.5, 0.6) is 0 Å². The van der Waals surface area contributed by atoms with Crippen LogP contribution in [0.3, 0.4) is 0 Å². The number of ether oxygens (including phenoxy) is 1. The first-order valence-electron chi connectivity index (χ1n) is 6.88. The van der Waals surface area contributed by atoms with E-state index in [-0.39, 0.29) is 18.1 Å². The number of aryl methyl sites for hydroxylation is 1. The summed E-state index contributed by atoms with van der Waals surface area (Å²) in [5, 5.41) is 3.76. The number of esters is 1. The third-order valence-corrected chi connectivity index (χ3v) is 5.22. The SMILES string of the molecule is Cc1cc(Br)ccc1NC(=O)COC(=O)CC1C=CS(=O)(=O)C1. The summed E-state index contributed by atoms with van der Waals surface area (Å²) in [4.78, 5) is 23.4. The van der Waals surface area contributed by atoms with Crippen molar-refractivity contribution in [3.63, 3.8) is 0 Å². The molecule has 2 rings (SSSR count). The maximum absolute atomic E-state index is 11.8. The van der Waals surface area contributed by atoms with Crippen LogP contribution in [-0.2, 0) is 24.2 Å². The molecule has 1 atom stereocenters. The van der Waals surface area contributed by atoms with Crippen molar-refractivity contribution in [3.05, 3.63) is 39.7 Å². The van der Waals surface area contributed by atoms with E-state index in [2.05, 4.69) is 21.2 Å². The molecule has 0 aliphatic carbocycles. The van der Waals surface area contributed by atoms with Crippen molar-refractivity contribution in [2.24, 2.45) is 5.92 Å². The minimum absolute atomic E-state index is 0.0552. The molecule has 1 aromatic rings. The number of carbonyl (C=O) groups excluding carboxylic acids is 2. The Bertz CT molecular complexity index is 757. The number of hydrogen-bond donors (Lipinski definition) is 1. The van der Waals surface area contributed by atoms with Gasteiger partial charge in [0, 0.05) is 21.5 Å². The van der Waals surface area contributed by atoms with Crippen molar-refractivity contribution in [1.82, 2.24) is 0 Å². The highest BCUT2D eigenvalue weighted by Gasteiger charge is 2.24. The average molecular weight is 402 g/mol. The predicted octanol–water partition coefficient (Wildman–Crippen LogP) is 2.19. The number of benzene rings is 1. The minimum atomic E-state index is -3.19. The molecule has 0 fully saturated rings. The zero-order valence-electron chi connectivity index (χ0n) is 12.4. The topological polar surface area (TPSA) is 89.5 Å². The van der Waals surface area contributed by atoms with Crippen LogP contribution in [0.4, 0.5) is 5.69 Å². The molecule has 1 heterocycles. The summed E-state index contributed by atoms with van der Waals surface area (Å²) in [6.07, 6.45) is 1.42. The summed E-state index contributed by atoms with van der Waals surface area (Å²) >= 11 is 3.33. The summed E-state index contributed by atoms with van der Waals surface area (Å²) in [6, 6.07) is 5.39. The third-order valence-electron chi connectivity index (χ3n) is 3.26. The van der Waals surface area contributed by atoms with Gasteiger partial charge in [-0.15, -0.1) is 0 Å². The molecule has 1 aromatic carbocycles. The van der Waals surface area contributed by atoms with Crippen molar-refractivity contribution in [2.45, 2.75) is 13.3 Å². The molecule has 8 heteroatoms. The van der Waals surface area contributed by atoms with E-state index >= 15 is 0 Å². The normalized spacial score (nSPS) is 18.6. The predicted molar refractivity (Wildman–Crippen MR) is 89.5 cm³/mol. The second kappa shape index (κ2) is 7.27. The average Bonchev–Trinajstić information content (AvgIpc) is 2.79. The highest BCUT2D eigenvalue weighted by Crippen LogP contribution is 2.20. The summed E-state index contributed by atoms with van der Waals surface area (Å²) in [6.45, 7) is 1.44. The van der Waals surface area contributed by atoms with E-state index < -0.39 is 28.3 Å². The van der Waals surface area contributed by atoms with Gasteiger partial charge in [-0.1, -0.05) is 22.0 Å². The molecular formula is C15H16BrNO5S. The third kappa shape index (κ3) is 5.47. The smallest absolute Gasteiger partial charge is 0.306 e. The minimum Gasteiger partial charge on any atom is -0.456 e. The monoisotopic (exact) mass is 401 g/mol. The Labute approximate surface area is 142 Å². The summed E-state index contributed by atoms with van der Waals surface area (Å²) in [5.74, 6) is -1.52. The van der Waals surface area contributed by atoms with E-state index in [1.165, 1.54) is 6.08 Å². The van der Waals surface area contributed by atoms with Crippen LogP contribution >= 0.6 is 15.9 Å². The van der Waals surface area contributed by atoms with Gasteiger partial charge in [-0.2, -0.15) is 0 Å². The van der Waals surface area contributed by atoms with Gasteiger partial charge >= 0.3 is 5.97 Å². The second-order valence-electron chi connectivity index (χ2n) is 5.29. The van der Waals surface area contributed by atoms with Gasteiger partial charge in [0.25, 0.3) is 5.91 Å². The van der Waals surface area contributed by atoms with Crippen LogP contribution in [0.1, 0.15) is 12.0 Å². The van der Waals surface area contributed by atoms with E-state index in [4.69, 9.17) is 4.74 Å². The standard InChI is InChI=1S/C15H16BrNO5S/c1-10-6-12(16)2-3-13(10)17-14(18)8-22-15(19)7-11-4-5-23(20,21)9-11/h2-6,11H,7-9H2,1H3,(H,17,18). The molecular weight excluding hydrogens is 386 g/mol. The highest BCUT2D eigenvalue weighted by molar-refractivity contribution is 9.10. The lowest BCUT2D eigenvalue weighted by atomic mass is 10.1. The van der Waals surface area contributed by atoms with Crippen molar-refractivity contribution in [1.29, 1.82) is 0 Å². The van der Waals surface area contributed by atoms with Gasteiger partial charge in [-0.3, -0.25) is 9.59 Å². The first-order valence-corrected chi connectivity index (χ1v) is 9.38. The largest absolute Gasteiger partial charge is 0.456 e. The number of amides is 1. The van der Waals surface area contributed by atoms with Gasteiger partial charge in [0.2, 0.25) is 0 Å². The number of rotatable bonds is 5. The molecule has 1 unspecified atom stereocenters. The summed E-state index contributed by atoms with van der Waals surface area (Å²) in [5.41, 5.74) is 1.51. The molecule has 0 spiro atoms. The number of hydrogen-bond acceptors (Lipinski definition) is 5. The van der Waals surface area contributed by atoms with E-state index in [1.807, 2.05) is 13.0 Å². The zero-order valence-corrected chi connectivity index (χ0v) is 14.8. The number of halogens is 1. The van der Waals surface area contributed by atoms with E-state index in [1.54, 1.807) is 12.1 Å². The number of anilines is 1. The van der Waals surface area contributed by atoms with E-state index in [0.29, 0.717) is 5.69 Å². The molecule has 0 radical (unpaired) electrons. The van der Waals surface area contributed by atoms with Gasteiger partial charge in [0.05, 0.1) is 12.2 Å². The quantitative estimate of drug-likeness (QED) is 0.763. The number of nitrogens with one attached hydrogen (secondary N) is 1. The van der Waals surface area contributed by atoms with Gasteiger partial charge in [0.15, 0.2) is 16.4 Å². The molecule has 23 heavy (non-hydrogen) atoms. The zero-order chi connectivity index (χ0) is 17.0. The lowest BCUT2D eigenvalue weighted by Gasteiger charge is -2.10. The maximum Gasteiger partial charge on any atom is 0.306 e. The molecule has 0 saturated carbocycles. The van der Waals surface area contributed by atoms with Crippen LogP contribution in [0.25, 0.3) is 0 Å². The van der Waals surface area contributed by atoms with Gasteiger partial charge in [-0.25, -0.2) is 8.42 Å². The van der Waals surface area contributed by atoms with Crippen molar-refractivity contribution in [3.8, 4) is 0 Å². The first kappa shape index (κ1) is 17.7. The van der Waals surface area contributed by atoms with E-state index in [0.717, 1.165) is 15.4 Å². The van der Waals surface area contributed by atoms with Gasteiger partial charge in [-0.05, 0) is 30.7 Å². The first-order chi connectivity index (χ1) is 10.7. The number of sulfone groups is 1. The lowest BCUT2D eigenvalue weighted by Crippen LogP contribution is -2.22. The molecule has 0 aromatic heterocycles. The van der Waals surface area contributed by atoms with Gasteiger partial charge < -0.3 is 10.1 Å². The Balaban J connectivity index is 1.78. The molecule has 1 aliphatic heterocycles. The van der Waals surface area contributed by atoms with Crippen molar-refractivity contribution >= 4 is 43.3 Å². The maximum atomic E-state index is 11.8. The van der Waals surface area contributed by atoms with Crippen LogP contribution in [0, 0.1) is 12.8 Å². The molecule has 124 valence electrons. The van der Waals surface area contributed by atoms with Gasteiger partial charge in [0.1, 0.15) is 0 Å². The molecule has 1 aliphatic rings. The number of allylic oxidation sites excluding steroid dienone is 1.